The predicted octanol–water partition coefficient (Wildman–Crippen LogP) is 3.80. The number of fused-ring (bicyclic) bond motifs is 1. The summed E-state index contributed by atoms with van der Waals surface area (Å²) in [6.07, 6.45) is 4.30. The molecule has 1 aliphatic rings. The number of carbonyl (C=O) groups is 1. The highest BCUT2D eigenvalue weighted by Gasteiger charge is 2.25. The number of benzene rings is 1. The first kappa shape index (κ1) is 15.4. The van der Waals surface area contributed by atoms with Gasteiger partial charge in [0.2, 0.25) is 0 Å². The number of thiophene rings is 1. The molecule has 5 heteroatoms. The molecule has 4 rings (SSSR count). The number of likely N-dealkylation sites (tertiary alicyclic amines) is 1. The van der Waals surface area contributed by atoms with Gasteiger partial charge in [0, 0.05) is 28.5 Å². The number of hydrogen-bond acceptors (Lipinski definition) is 3. The first-order chi connectivity index (χ1) is 11.8. The zero-order chi connectivity index (χ0) is 16.4. The van der Waals surface area contributed by atoms with Crippen molar-refractivity contribution in [2.75, 3.05) is 19.6 Å². The van der Waals surface area contributed by atoms with Crippen molar-refractivity contribution in [3.05, 3.63) is 58.4 Å². The number of H-pyrrole nitrogens is 1. The molecule has 1 amide bonds. The second kappa shape index (κ2) is 6.79. The fourth-order valence-electron chi connectivity index (χ4n) is 3.49. The second-order valence-electron chi connectivity index (χ2n) is 6.23. The lowest BCUT2D eigenvalue weighted by molar-refractivity contribution is 0.0940. The number of para-hydroxylation sites is 1. The van der Waals surface area contributed by atoms with Crippen LogP contribution in [-0.2, 0) is 0 Å². The Morgan fingerprint density at radius 1 is 1.21 bits per heavy atom. The molecule has 0 bridgehead atoms. The van der Waals surface area contributed by atoms with Gasteiger partial charge in [0.05, 0.1) is 11.6 Å². The number of aromatic nitrogens is 1. The van der Waals surface area contributed by atoms with Crippen LogP contribution in [0.5, 0.6) is 0 Å². The van der Waals surface area contributed by atoms with Crippen molar-refractivity contribution in [3.8, 4) is 0 Å². The smallest absolute Gasteiger partial charge is 0.253 e. The number of nitrogens with zero attached hydrogens (tertiary/aromatic N) is 1. The molecule has 124 valence electrons. The number of nitrogens with one attached hydrogen (secondary N) is 2. The van der Waals surface area contributed by atoms with Crippen molar-refractivity contribution < 1.29 is 4.79 Å². The summed E-state index contributed by atoms with van der Waals surface area (Å²) in [5.41, 5.74) is 1.72. The topological polar surface area (TPSA) is 48.1 Å². The molecule has 0 saturated carbocycles. The molecule has 3 aromatic rings. The van der Waals surface area contributed by atoms with Gasteiger partial charge in [-0.05, 0) is 43.4 Å². The first-order valence-electron chi connectivity index (χ1n) is 8.45. The molecule has 1 aromatic carbocycles. The normalized spacial score (nSPS) is 16.5. The van der Waals surface area contributed by atoms with Crippen LogP contribution in [0.4, 0.5) is 0 Å². The summed E-state index contributed by atoms with van der Waals surface area (Å²) >= 11 is 1.77. The summed E-state index contributed by atoms with van der Waals surface area (Å²) in [5, 5.41) is 6.24. The first-order valence-corrected chi connectivity index (χ1v) is 9.32. The molecule has 1 atom stereocenters. The molecule has 0 spiro atoms. The summed E-state index contributed by atoms with van der Waals surface area (Å²) in [4.78, 5) is 19.6. The summed E-state index contributed by atoms with van der Waals surface area (Å²) in [7, 11) is 0. The molecule has 0 aliphatic carbocycles. The third-order valence-electron chi connectivity index (χ3n) is 4.74. The van der Waals surface area contributed by atoms with Gasteiger partial charge in [-0.2, -0.15) is 0 Å². The van der Waals surface area contributed by atoms with Crippen LogP contribution in [0.3, 0.4) is 0 Å². The van der Waals surface area contributed by atoms with Crippen LogP contribution >= 0.6 is 11.3 Å². The molecule has 1 fully saturated rings. The second-order valence-corrected chi connectivity index (χ2v) is 7.21. The fraction of sp³-hybridized carbons (Fsp3) is 0.316. The van der Waals surface area contributed by atoms with Crippen LogP contribution in [-0.4, -0.2) is 35.4 Å². The van der Waals surface area contributed by atoms with Crippen LogP contribution < -0.4 is 5.32 Å². The number of aromatic amines is 1. The molecule has 1 aliphatic heterocycles. The van der Waals surface area contributed by atoms with Crippen molar-refractivity contribution in [2.45, 2.75) is 18.9 Å². The van der Waals surface area contributed by atoms with Crippen LogP contribution in [0.15, 0.2) is 48.0 Å². The number of rotatable bonds is 5. The van der Waals surface area contributed by atoms with Gasteiger partial charge in [-0.25, -0.2) is 0 Å². The highest BCUT2D eigenvalue weighted by molar-refractivity contribution is 7.10. The standard InChI is InChI=1S/C19H21N3OS/c23-19(15-12-20-16-7-2-1-6-14(15)16)21-13-17(18-8-5-11-24-18)22-9-3-4-10-22/h1-2,5-8,11-12,17,20H,3-4,9-10,13H2,(H,21,23). The van der Waals surface area contributed by atoms with E-state index >= 15 is 0 Å². The van der Waals surface area contributed by atoms with Gasteiger partial charge in [-0.3, -0.25) is 9.69 Å². The summed E-state index contributed by atoms with van der Waals surface area (Å²) < 4.78 is 0. The molecule has 3 heterocycles. The van der Waals surface area contributed by atoms with E-state index in [1.54, 1.807) is 17.5 Å². The Labute approximate surface area is 145 Å². The minimum atomic E-state index is -0.00629. The largest absolute Gasteiger partial charge is 0.360 e. The predicted molar refractivity (Wildman–Crippen MR) is 98.5 cm³/mol. The number of carbonyl (C=O) groups excluding carboxylic acids is 1. The molecule has 2 N–H and O–H groups in total. The van der Waals surface area contributed by atoms with E-state index < -0.39 is 0 Å². The Morgan fingerprint density at radius 2 is 2.04 bits per heavy atom. The van der Waals surface area contributed by atoms with E-state index in [1.807, 2.05) is 24.3 Å². The number of hydrogen-bond donors (Lipinski definition) is 2. The van der Waals surface area contributed by atoms with Crippen LogP contribution in [0.2, 0.25) is 0 Å². The van der Waals surface area contributed by atoms with E-state index in [1.165, 1.54) is 17.7 Å². The Balaban J connectivity index is 1.50. The van der Waals surface area contributed by atoms with Gasteiger partial charge in [0.15, 0.2) is 0 Å². The summed E-state index contributed by atoms with van der Waals surface area (Å²) in [6.45, 7) is 2.88. The molecule has 0 radical (unpaired) electrons. The molecular formula is C19H21N3OS. The van der Waals surface area contributed by atoms with E-state index in [-0.39, 0.29) is 11.9 Å². The summed E-state index contributed by atoms with van der Waals surface area (Å²) in [6, 6.07) is 12.5. The maximum absolute atomic E-state index is 12.7. The molecule has 1 unspecified atom stereocenters. The molecular weight excluding hydrogens is 318 g/mol. The van der Waals surface area contributed by atoms with Crippen LogP contribution in [0, 0.1) is 0 Å². The lowest BCUT2D eigenvalue weighted by Gasteiger charge is -2.26. The third-order valence-corrected chi connectivity index (χ3v) is 5.72. The van der Waals surface area contributed by atoms with E-state index in [0.717, 1.165) is 29.6 Å². The van der Waals surface area contributed by atoms with Crippen molar-refractivity contribution >= 4 is 28.1 Å². The van der Waals surface area contributed by atoms with Crippen LogP contribution in [0.25, 0.3) is 10.9 Å². The highest BCUT2D eigenvalue weighted by atomic mass is 32.1. The fourth-order valence-corrected chi connectivity index (χ4v) is 4.35. The van der Waals surface area contributed by atoms with Crippen molar-refractivity contribution in [1.29, 1.82) is 0 Å². The lowest BCUT2D eigenvalue weighted by Crippen LogP contribution is -2.36. The Bertz CT molecular complexity index is 818. The van der Waals surface area contributed by atoms with Crippen molar-refractivity contribution in [2.24, 2.45) is 0 Å². The van der Waals surface area contributed by atoms with Crippen LogP contribution in [0.1, 0.15) is 34.1 Å². The average Bonchev–Trinajstić information content (AvgIpc) is 3.36. The maximum atomic E-state index is 12.7. The van der Waals surface area contributed by atoms with Gasteiger partial charge in [0.25, 0.3) is 5.91 Å². The maximum Gasteiger partial charge on any atom is 0.253 e. The van der Waals surface area contributed by atoms with Gasteiger partial charge < -0.3 is 10.3 Å². The SMILES string of the molecule is O=C(NCC(c1cccs1)N1CCCC1)c1c[nH]c2ccccc12. The molecule has 24 heavy (non-hydrogen) atoms. The highest BCUT2D eigenvalue weighted by Crippen LogP contribution is 2.28. The third kappa shape index (κ3) is 2.97. The van der Waals surface area contributed by atoms with Crippen molar-refractivity contribution in [3.63, 3.8) is 0 Å². The zero-order valence-electron chi connectivity index (χ0n) is 13.5. The zero-order valence-corrected chi connectivity index (χ0v) is 14.3. The quantitative estimate of drug-likeness (QED) is 0.743. The molecule has 1 saturated heterocycles. The van der Waals surface area contributed by atoms with E-state index in [0.29, 0.717) is 6.54 Å². The van der Waals surface area contributed by atoms with E-state index in [2.05, 4.69) is 32.7 Å². The van der Waals surface area contributed by atoms with Gasteiger partial charge in [-0.1, -0.05) is 24.3 Å². The summed E-state index contributed by atoms with van der Waals surface area (Å²) in [5.74, 6) is -0.00629. The van der Waals surface area contributed by atoms with E-state index in [4.69, 9.17) is 0 Å². The van der Waals surface area contributed by atoms with E-state index in [9.17, 15) is 4.79 Å². The van der Waals surface area contributed by atoms with Crippen molar-refractivity contribution in [1.82, 2.24) is 15.2 Å². The van der Waals surface area contributed by atoms with Gasteiger partial charge in [0.1, 0.15) is 0 Å². The Hall–Kier alpha value is -2.11. The molecule has 4 nitrogen and oxygen atoms in total. The number of amides is 1. The minimum Gasteiger partial charge on any atom is -0.360 e. The van der Waals surface area contributed by atoms with Gasteiger partial charge >= 0.3 is 0 Å². The lowest BCUT2D eigenvalue weighted by atomic mass is 10.1. The van der Waals surface area contributed by atoms with Gasteiger partial charge in [-0.15, -0.1) is 11.3 Å². The Morgan fingerprint density at radius 3 is 2.83 bits per heavy atom. The average molecular weight is 339 g/mol. The Kier molecular flexibility index (Phi) is 4.36. The molecule has 2 aromatic heterocycles. The monoisotopic (exact) mass is 339 g/mol. The minimum absolute atomic E-state index is 0.00629.